The Bertz CT molecular complexity index is 570. The maximum Gasteiger partial charge on any atom is 0.269 e. The first-order valence-corrected chi connectivity index (χ1v) is 8.06. The summed E-state index contributed by atoms with van der Waals surface area (Å²) in [6.45, 7) is 3.04. The molecule has 1 heterocycles. The van der Waals surface area contributed by atoms with Crippen molar-refractivity contribution in [1.29, 1.82) is 0 Å². The van der Waals surface area contributed by atoms with Gasteiger partial charge in [0.25, 0.3) is 11.6 Å². The summed E-state index contributed by atoms with van der Waals surface area (Å²) in [6.07, 6.45) is 0. The van der Waals surface area contributed by atoms with Crippen molar-refractivity contribution in [2.24, 2.45) is 0 Å². The topological polar surface area (TPSA) is 92.5 Å². The molecule has 1 atom stereocenters. The van der Waals surface area contributed by atoms with Gasteiger partial charge in [-0.25, -0.2) is 0 Å². The van der Waals surface area contributed by atoms with E-state index in [1.165, 1.54) is 24.3 Å². The first-order chi connectivity index (χ1) is 10.5. The van der Waals surface area contributed by atoms with Crippen molar-refractivity contribution in [3.8, 4) is 0 Å². The Morgan fingerprint density at radius 1 is 1.27 bits per heavy atom. The molecule has 0 radical (unpaired) electrons. The molecule has 1 unspecified atom stereocenters. The predicted octanol–water partition coefficient (Wildman–Crippen LogP) is 1.29. The molecule has 7 nitrogen and oxygen atoms in total. The number of thioether (sulfide) groups is 1. The van der Waals surface area contributed by atoms with E-state index in [-0.39, 0.29) is 11.6 Å². The Labute approximate surface area is 132 Å². The van der Waals surface area contributed by atoms with Gasteiger partial charge in [0, 0.05) is 42.3 Å². The number of non-ortho nitro benzene ring substituents is 1. The summed E-state index contributed by atoms with van der Waals surface area (Å²) >= 11 is 1.81. The van der Waals surface area contributed by atoms with Crippen LogP contribution in [0, 0.1) is 10.1 Å². The van der Waals surface area contributed by atoms with E-state index in [0.29, 0.717) is 18.7 Å². The zero-order valence-electron chi connectivity index (χ0n) is 12.2. The minimum atomic E-state index is -0.620. The van der Waals surface area contributed by atoms with E-state index in [2.05, 4.69) is 5.32 Å². The van der Waals surface area contributed by atoms with E-state index in [1.807, 2.05) is 0 Å². The van der Waals surface area contributed by atoms with Crippen LogP contribution >= 0.6 is 11.8 Å². The Balaban J connectivity index is 1.95. The number of hydrogen-bond donors (Lipinski definition) is 1. The quantitative estimate of drug-likeness (QED) is 0.666. The molecule has 2 amide bonds. The average molecular weight is 323 g/mol. The van der Waals surface area contributed by atoms with Crippen molar-refractivity contribution in [3.05, 3.63) is 39.9 Å². The van der Waals surface area contributed by atoms with Gasteiger partial charge in [0.15, 0.2) is 0 Å². The summed E-state index contributed by atoms with van der Waals surface area (Å²) in [5.74, 6) is 1.31. The highest BCUT2D eigenvalue weighted by Crippen LogP contribution is 2.13. The third-order valence-corrected chi connectivity index (χ3v) is 4.32. The lowest BCUT2D eigenvalue weighted by Crippen LogP contribution is -2.49. The van der Waals surface area contributed by atoms with Crippen LogP contribution in [-0.2, 0) is 4.79 Å². The van der Waals surface area contributed by atoms with Gasteiger partial charge in [0.1, 0.15) is 6.04 Å². The van der Waals surface area contributed by atoms with Crippen LogP contribution in [0.25, 0.3) is 0 Å². The lowest BCUT2D eigenvalue weighted by molar-refractivity contribution is -0.384. The molecule has 1 saturated heterocycles. The Morgan fingerprint density at radius 2 is 1.86 bits per heavy atom. The molecule has 0 aliphatic carbocycles. The van der Waals surface area contributed by atoms with E-state index < -0.39 is 16.9 Å². The van der Waals surface area contributed by atoms with Crippen LogP contribution in [0.2, 0.25) is 0 Å². The number of amides is 2. The van der Waals surface area contributed by atoms with Crippen molar-refractivity contribution in [2.45, 2.75) is 13.0 Å². The molecule has 0 spiro atoms. The van der Waals surface area contributed by atoms with Gasteiger partial charge in [-0.05, 0) is 19.1 Å². The van der Waals surface area contributed by atoms with E-state index >= 15 is 0 Å². The van der Waals surface area contributed by atoms with Crippen molar-refractivity contribution >= 4 is 29.3 Å². The molecule has 0 saturated carbocycles. The maximum absolute atomic E-state index is 12.2. The second-order valence-electron chi connectivity index (χ2n) is 4.94. The van der Waals surface area contributed by atoms with Gasteiger partial charge in [-0.15, -0.1) is 0 Å². The fourth-order valence-corrected chi connectivity index (χ4v) is 3.04. The van der Waals surface area contributed by atoms with Crippen LogP contribution in [0.5, 0.6) is 0 Å². The Kier molecular flexibility index (Phi) is 5.37. The van der Waals surface area contributed by atoms with Gasteiger partial charge in [0.2, 0.25) is 5.91 Å². The second kappa shape index (κ2) is 7.26. The highest BCUT2D eigenvalue weighted by molar-refractivity contribution is 7.99. The number of nitrogens with zero attached hydrogens (tertiary/aromatic N) is 2. The van der Waals surface area contributed by atoms with Crippen molar-refractivity contribution in [1.82, 2.24) is 10.2 Å². The lowest BCUT2D eigenvalue weighted by atomic mass is 10.1. The Morgan fingerprint density at radius 3 is 2.41 bits per heavy atom. The molecule has 1 aliphatic heterocycles. The van der Waals surface area contributed by atoms with E-state index in [1.54, 1.807) is 23.6 Å². The molecule has 1 aromatic carbocycles. The van der Waals surface area contributed by atoms with Crippen molar-refractivity contribution in [2.75, 3.05) is 24.6 Å². The van der Waals surface area contributed by atoms with E-state index in [0.717, 1.165) is 11.5 Å². The molecule has 8 heteroatoms. The monoisotopic (exact) mass is 323 g/mol. The van der Waals surface area contributed by atoms with Crippen LogP contribution in [-0.4, -0.2) is 52.3 Å². The number of nitrogens with one attached hydrogen (secondary N) is 1. The molecule has 2 rings (SSSR count). The number of benzene rings is 1. The van der Waals surface area contributed by atoms with Gasteiger partial charge in [-0.2, -0.15) is 11.8 Å². The summed E-state index contributed by atoms with van der Waals surface area (Å²) in [5.41, 5.74) is 0.214. The van der Waals surface area contributed by atoms with Crippen LogP contribution in [0.15, 0.2) is 24.3 Å². The fraction of sp³-hybridized carbons (Fsp3) is 0.429. The molecule has 1 fully saturated rings. The largest absolute Gasteiger partial charge is 0.341 e. The number of carbonyl (C=O) groups is 2. The highest BCUT2D eigenvalue weighted by atomic mass is 32.2. The summed E-state index contributed by atoms with van der Waals surface area (Å²) in [5, 5.41) is 13.2. The van der Waals surface area contributed by atoms with Crippen molar-refractivity contribution in [3.63, 3.8) is 0 Å². The first kappa shape index (κ1) is 16.3. The molecule has 118 valence electrons. The van der Waals surface area contributed by atoms with Gasteiger partial charge in [0.05, 0.1) is 4.92 Å². The normalized spacial score (nSPS) is 16.0. The number of hydrogen-bond acceptors (Lipinski definition) is 5. The van der Waals surface area contributed by atoms with Crippen LogP contribution in [0.3, 0.4) is 0 Å². The smallest absolute Gasteiger partial charge is 0.269 e. The maximum atomic E-state index is 12.2. The van der Waals surface area contributed by atoms with Crippen LogP contribution < -0.4 is 5.32 Å². The molecule has 22 heavy (non-hydrogen) atoms. The van der Waals surface area contributed by atoms with Gasteiger partial charge < -0.3 is 10.2 Å². The Hall–Kier alpha value is -2.09. The number of rotatable bonds is 4. The zero-order chi connectivity index (χ0) is 16.1. The zero-order valence-corrected chi connectivity index (χ0v) is 13.0. The molecular formula is C14H17N3O4S. The number of carbonyl (C=O) groups excluding carboxylic acids is 2. The molecule has 1 aliphatic rings. The van der Waals surface area contributed by atoms with E-state index in [4.69, 9.17) is 0 Å². The SMILES string of the molecule is CC(NC(=O)c1ccc([N+](=O)[O-])cc1)C(=O)N1CCSCC1. The van der Waals surface area contributed by atoms with Gasteiger partial charge in [-0.1, -0.05) is 0 Å². The number of nitro benzene ring substituents is 1. The predicted molar refractivity (Wildman–Crippen MR) is 83.9 cm³/mol. The lowest BCUT2D eigenvalue weighted by Gasteiger charge is -2.29. The van der Waals surface area contributed by atoms with Crippen LogP contribution in [0.1, 0.15) is 17.3 Å². The summed E-state index contributed by atoms with van der Waals surface area (Å²) in [7, 11) is 0. The standard InChI is InChI=1S/C14H17N3O4S/c1-10(14(19)16-6-8-22-9-7-16)15-13(18)11-2-4-12(5-3-11)17(20)21/h2-5,10H,6-9H2,1H3,(H,15,18). The first-order valence-electron chi connectivity index (χ1n) is 6.91. The average Bonchev–Trinajstić information content (AvgIpc) is 2.54. The molecule has 0 bridgehead atoms. The third kappa shape index (κ3) is 3.97. The minimum absolute atomic E-state index is 0.0773. The van der Waals surface area contributed by atoms with Gasteiger partial charge >= 0.3 is 0 Å². The third-order valence-electron chi connectivity index (χ3n) is 3.38. The molecule has 1 aromatic rings. The fourth-order valence-electron chi connectivity index (χ4n) is 2.13. The van der Waals surface area contributed by atoms with Gasteiger partial charge in [-0.3, -0.25) is 19.7 Å². The summed E-state index contributed by atoms with van der Waals surface area (Å²) < 4.78 is 0. The minimum Gasteiger partial charge on any atom is -0.341 e. The van der Waals surface area contributed by atoms with E-state index in [9.17, 15) is 19.7 Å². The van der Waals surface area contributed by atoms with Crippen molar-refractivity contribution < 1.29 is 14.5 Å². The summed E-state index contributed by atoms with van der Waals surface area (Å²) in [4.78, 5) is 36.1. The molecule has 1 N–H and O–H groups in total. The number of nitro groups is 1. The molecule has 0 aromatic heterocycles. The van der Waals surface area contributed by atoms with Crippen LogP contribution in [0.4, 0.5) is 5.69 Å². The second-order valence-corrected chi connectivity index (χ2v) is 6.16. The summed E-state index contributed by atoms with van der Waals surface area (Å²) in [6, 6.07) is 4.67. The molecular weight excluding hydrogens is 306 g/mol. The highest BCUT2D eigenvalue weighted by Gasteiger charge is 2.24.